The summed E-state index contributed by atoms with van der Waals surface area (Å²) in [7, 11) is 0. The van der Waals surface area contributed by atoms with Gasteiger partial charge in [-0.1, -0.05) is 52.0 Å². The number of fused-ring (bicyclic) bond motifs is 2. The van der Waals surface area contributed by atoms with Gasteiger partial charge in [0.1, 0.15) is 25.3 Å². The second kappa shape index (κ2) is 42.6. The number of hydrogen-bond donors (Lipinski definition) is 8. The number of alkyl halides is 6. The van der Waals surface area contributed by atoms with Gasteiger partial charge in [0.25, 0.3) is 5.69 Å². The number of hydrogen-bond acceptors (Lipinski definition) is 18. The fourth-order valence-electron chi connectivity index (χ4n) is 4.49. The Balaban J connectivity index is -0.000000121. The Morgan fingerprint density at radius 1 is 0.640 bits per heavy atom. The van der Waals surface area contributed by atoms with E-state index in [9.17, 15) is 55.6 Å². The molecule has 0 aromatic heterocycles. The molecule has 0 spiro atoms. The summed E-state index contributed by atoms with van der Waals surface area (Å²) < 4.78 is 94.6. The number of amides is 2. The van der Waals surface area contributed by atoms with E-state index >= 15 is 0 Å². The number of rotatable bonds is 17. The number of halogens is 6. The molecule has 2 aliphatic rings. The third-order valence-electron chi connectivity index (χ3n) is 7.78. The largest absolute Gasteiger partial charge is 0.490 e. The normalized spacial score (nSPS) is 12.1. The molecule has 2 heterocycles. The van der Waals surface area contributed by atoms with Crippen molar-refractivity contribution in [3.8, 4) is 23.0 Å². The maximum Gasteiger partial charge on any atom is 0.490 e. The van der Waals surface area contributed by atoms with E-state index in [-0.39, 0.29) is 135 Å². The van der Waals surface area contributed by atoms with Crippen LogP contribution in [0.1, 0.15) is 93.0 Å². The molecule has 2 amide bonds. The molecule has 442 valence electrons. The fraction of sp³-hybridized carbons (Fsp3) is 0.571. The van der Waals surface area contributed by atoms with Gasteiger partial charge in [-0.25, -0.2) is 19.2 Å². The molecule has 0 radical (unpaired) electrons. The fourth-order valence-corrected chi connectivity index (χ4v) is 6.36. The van der Waals surface area contributed by atoms with Crippen LogP contribution in [-0.4, -0.2) is 137 Å². The summed E-state index contributed by atoms with van der Waals surface area (Å²) in [6.07, 6.45) is -11.6. The number of ether oxygens (including phenoxy) is 6. The Labute approximate surface area is 454 Å². The molecule has 0 saturated heterocycles. The molecule has 10 N–H and O–H groups in total. The van der Waals surface area contributed by atoms with E-state index < -0.39 is 65.4 Å². The number of carbonyl (C=O) groups is 6. The predicted molar refractivity (Wildman–Crippen MR) is 283 cm³/mol. The van der Waals surface area contributed by atoms with Gasteiger partial charge < -0.3 is 70.9 Å². The van der Waals surface area contributed by atoms with Gasteiger partial charge in [0.15, 0.2) is 23.0 Å². The van der Waals surface area contributed by atoms with Crippen molar-refractivity contribution in [2.45, 2.75) is 108 Å². The quantitative estimate of drug-likeness (QED) is 0.0317. The zero-order valence-corrected chi connectivity index (χ0v) is 39.1. The highest BCUT2D eigenvalue weighted by molar-refractivity contribution is 7.99. The van der Waals surface area contributed by atoms with Crippen molar-refractivity contribution in [3.05, 3.63) is 51.1 Å². The van der Waals surface area contributed by atoms with Crippen LogP contribution in [0.3, 0.4) is 0 Å². The van der Waals surface area contributed by atoms with Crippen LogP contribution >= 0.6 is 50.5 Å². The number of carboxylic acid groups (broad SMARTS) is 4. The van der Waals surface area contributed by atoms with Crippen molar-refractivity contribution in [3.63, 3.8) is 0 Å². The summed E-state index contributed by atoms with van der Waals surface area (Å²) in [6, 6.07) is 4.51. The molecule has 0 saturated carbocycles. The predicted octanol–water partition coefficient (Wildman–Crippen LogP) is 8.86. The maximum absolute atomic E-state index is 11.4. The molecule has 2 aromatic carbocycles. The first kappa shape index (κ1) is 89.0. The number of carboxylic acids is 4. The molecule has 23 nitrogen and oxygen atoms in total. The highest BCUT2D eigenvalue weighted by Crippen LogP contribution is 2.43. The van der Waals surface area contributed by atoms with Gasteiger partial charge in [-0.2, -0.15) is 76.9 Å². The number of aliphatic carboxylic acids is 4. The van der Waals surface area contributed by atoms with Crippen molar-refractivity contribution in [2.75, 3.05) is 51.4 Å². The molecule has 0 fully saturated rings. The average molecular weight is 1180 g/mol. The summed E-state index contributed by atoms with van der Waals surface area (Å²) in [6.45, 7) is 5.98. The minimum absolute atomic E-state index is 0. The van der Waals surface area contributed by atoms with Crippen LogP contribution in [-0.2, 0) is 28.7 Å². The third-order valence-corrected chi connectivity index (χ3v) is 10.1. The van der Waals surface area contributed by atoms with E-state index in [2.05, 4.69) is 17.6 Å². The van der Waals surface area contributed by atoms with E-state index in [1.807, 2.05) is 19.1 Å². The number of nitro benzene ring substituents is 1. The van der Waals surface area contributed by atoms with E-state index in [1.54, 1.807) is 24.8 Å². The number of aryl methyl sites for hydroxylation is 1. The van der Waals surface area contributed by atoms with Crippen molar-refractivity contribution < 1.29 is 109 Å². The van der Waals surface area contributed by atoms with E-state index in [4.69, 9.17) is 69.9 Å². The summed E-state index contributed by atoms with van der Waals surface area (Å²) >= 11 is 2.99. The van der Waals surface area contributed by atoms with Crippen molar-refractivity contribution in [1.82, 2.24) is 10.6 Å². The third kappa shape index (κ3) is 33.8. The second-order valence-corrected chi connectivity index (χ2v) is 15.5. The van der Waals surface area contributed by atoms with Crippen LogP contribution in [0.15, 0.2) is 24.3 Å². The molecule has 75 heavy (non-hydrogen) atoms. The highest BCUT2D eigenvalue weighted by Gasteiger charge is 2.39. The van der Waals surface area contributed by atoms with Crippen LogP contribution in [0.5, 0.6) is 23.0 Å². The molecular formula is C42H75F6N5O18S4. The molecule has 0 bridgehead atoms. The number of thioether (sulfide) groups is 2. The first-order valence-corrected chi connectivity index (χ1v) is 20.3. The summed E-state index contributed by atoms with van der Waals surface area (Å²) in [5.74, 6) is -4.64. The molecule has 0 aliphatic carbocycles. The first-order chi connectivity index (χ1) is 30.6. The average Bonchev–Trinajstić information content (AvgIpc) is 3.90. The van der Waals surface area contributed by atoms with Gasteiger partial charge in [0, 0.05) is 40.7 Å². The van der Waals surface area contributed by atoms with Crippen LogP contribution in [0.4, 0.5) is 41.6 Å². The van der Waals surface area contributed by atoms with Gasteiger partial charge in [-0.3, -0.25) is 19.7 Å². The lowest BCUT2D eigenvalue weighted by Gasteiger charge is -2.15. The van der Waals surface area contributed by atoms with E-state index in [1.165, 1.54) is 17.8 Å². The number of nitro groups is 1. The number of nitrogens with one attached hydrogen (secondary N) is 2. The smallest absolute Gasteiger partial charge is 0.480 e. The SMILES string of the molecule is C.C.C.C.C.C.C.CC(SCCOC(=O)NC[C@H](N)C(=O)O)c1cc2c(cc1[N+](=O)[O-])OCO2.Cc1cc2c(cc1C(C)SCCOC(=O)NC[C@H](N)C(=O)O)OCO2.O=C(O)C(F)(F)F.O=C(O)C(F)(F)F.S.S. The Morgan fingerprint density at radius 2 is 0.933 bits per heavy atom. The Kier molecular flexibility index (Phi) is 50.5. The maximum atomic E-state index is 11.4. The zero-order valence-electron chi connectivity index (χ0n) is 35.5. The number of nitrogens with two attached hydrogens (primary N) is 2. The summed E-state index contributed by atoms with van der Waals surface area (Å²) in [5, 5.41) is 47.3. The second-order valence-electron chi connectivity index (χ2n) is 12.6. The number of carbonyl (C=O) groups excluding carboxylic acids is 2. The molecule has 4 atom stereocenters. The topological polar surface area (TPSA) is 358 Å². The van der Waals surface area contributed by atoms with Crippen molar-refractivity contribution in [1.29, 1.82) is 0 Å². The lowest BCUT2D eigenvalue weighted by Crippen LogP contribution is -2.42. The molecule has 2 unspecified atom stereocenters. The Hall–Kier alpha value is -5.64. The monoisotopic (exact) mass is 1180 g/mol. The minimum Gasteiger partial charge on any atom is -0.480 e. The van der Waals surface area contributed by atoms with Crippen LogP contribution in [0, 0.1) is 17.0 Å². The van der Waals surface area contributed by atoms with Crippen LogP contribution in [0.25, 0.3) is 0 Å². The van der Waals surface area contributed by atoms with Gasteiger partial charge in [0.05, 0.1) is 11.0 Å². The zero-order chi connectivity index (χ0) is 50.5. The highest BCUT2D eigenvalue weighted by atomic mass is 32.2. The van der Waals surface area contributed by atoms with Crippen molar-refractivity contribution in [2.24, 2.45) is 11.5 Å². The van der Waals surface area contributed by atoms with E-state index in [0.29, 0.717) is 28.6 Å². The molecule has 4 rings (SSSR count). The lowest BCUT2D eigenvalue weighted by molar-refractivity contribution is -0.385. The van der Waals surface area contributed by atoms with Gasteiger partial charge in [-0.15, -0.1) is 0 Å². The number of benzene rings is 2. The van der Waals surface area contributed by atoms with Crippen LogP contribution < -0.4 is 41.0 Å². The summed E-state index contributed by atoms with van der Waals surface area (Å²) in [4.78, 5) is 72.6. The standard InChI is InChI=1S/C16H22N2O6S.C15H19N3O8S.2C2HF3O2.7CH4.2H2S/c1-9-5-13-14(24-8-23-13)6-11(9)10(2)25-4-3-22-16(21)18-7-12(17)15(19)20;1-8(27-3-2-24-15(21)17-6-10(16)14(19)20)9-4-12-13(26-7-25-12)5-11(9)18(22)23;2*3-2(4,5)1(6)7;;;;;;;;;/h5-6,10,12H,3-4,7-8,17H2,1-2H3,(H,18,21)(H,19,20);4-5,8,10H,2-3,6-7,16H2,1H3,(H,17,21)(H,19,20);2*(H,6,7);7*1H4;2*1H2/t10?,12-;8?,10-;;;;;;;;;;;/m00.........../s1. The Morgan fingerprint density at radius 3 is 1.24 bits per heavy atom. The minimum atomic E-state index is -5.08. The first-order valence-electron chi connectivity index (χ1n) is 18.2. The van der Waals surface area contributed by atoms with Gasteiger partial charge in [-0.05, 0) is 50.1 Å². The van der Waals surface area contributed by atoms with Crippen LogP contribution in [0.2, 0.25) is 0 Å². The summed E-state index contributed by atoms with van der Waals surface area (Å²) in [5.41, 5.74) is 13.2. The molecular weight excluding hydrogens is 1100 g/mol. The molecule has 2 aromatic rings. The molecule has 2 aliphatic heterocycles. The van der Waals surface area contributed by atoms with Gasteiger partial charge in [0.2, 0.25) is 13.6 Å². The number of nitrogens with zero attached hydrogens (tertiary/aromatic N) is 1. The van der Waals surface area contributed by atoms with Crippen molar-refractivity contribution >= 4 is 92.3 Å². The van der Waals surface area contributed by atoms with Gasteiger partial charge >= 0.3 is 48.4 Å². The number of alkyl carbamates (subject to hydrolysis) is 2. The molecule has 33 heteroatoms. The Bertz CT molecular complexity index is 2010. The lowest BCUT2D eigenvalue weighted by atomic mass is 10.1. The van der Waals surface area contributed by atoms with E-state index in [0.717, 1.165) is 22.6 Å².